The van der Waals surface area contributed by atoms with Gasteiger partial charge in [0.1, 0.15) is 6.61 Å². The molecule has 0 atom stereocenters. The molecule has 0 radical (unpaired) electrons. The summed E-state index contributed by atoms with van der Waals surface area (Å²) in [4.78, 5) is 22.0. The number of anilines is 1. The van der Waals surface area contributed by atoms with Crippen molar-refractivity contribution in [2.75, 3.05) is 11.9 Å². The maximum Gasteiger partial charge on any atom is 0.257 e. The number of aryl methyl sites for hydroxylation is 2. The maximum atomic E-state index is 12.5. The summed E-state index contributed by atoms with van der Waals surface area (Å²) in [5.74, 6) is 0.877. The van der Waals surface area contributed by atoms with E-state index in [0.29, 0.717) is 35.4 Å². The molecular weight excluding hydrogens is 362 g/mol. The van der Waals surface area contributed by atoms with Gasteiger partial charge in [-0.15, -0.1) is 11.3 Å². The molecule has 7 heteroatoms. The number of carbonyl (C=O) groups is 1. The highest BCUT2D eigenvalue weighted by atomic mass is 32.1. The molecule has 0 aliphatic rings. The van der Waals surface area contributed by atoms with Gasteiger partial charge in [-0.25, -0.2) is 4.98 Å². The van der Waals surface area contributed by atoms with Crippen molar-refractivity contribution < 1.29 is 14.3 Å². The molecule has 0 spiro atoms. The third-order valence-electron chi connectivity index (χ3n) is 3.87. The van der Waals surface area contributed by atoms with Crippen LogP contribution in [0.2, 0.25) is 0 Å². The van der Waals surface area contributed by atoms with E-state index < -0.39 is 0 Å². The van der Waals surface area contributed by atoms with E-state index in [2.05, 4.69) is 15.3 Å². The molecule has 3 rings (SSSR count). The first-order valence-corrected chi connectivity index (χ1v) is 9.42. The first-order chi connectivity index (χ1) is 13.1. The molecular formula is C20H21N3O3S. The first kappa shape index (κ1) is 18.8. The highest BCUT2D eigenvalue weighted by Gasteiger charge is 2.14. The van der Waals surface area contributed by atoms with E-state index in [0.717, 1.165) is 16.1 Å². The number of hydrogen-bond acceptors (Lipinski definition) is 6. The van der Waals surface area contributed by atoms with Crippen molar-refractivity contribution in [3.8, 4) is 11.5 Å². The fourth-order valence-corrected chi connectivity index (χ4v) is 3.19. The molecule has 2 aromatic heterocycles. The van der Waals surface area contributed by atoms with Crippen LogP contribution in [0.4, 0.5) is 5.13 Å². The number of amides is 1. The molecule has 0 aliphatic carbocycles. The minimum Gasteiger partial charge on any atom is -0.490 e. The summed E-state index contributed by atoms with van der Waals surface area (Å²) in [5, 5.41) is 3.42. The van der Waals surface area contributed by atoms with Crippen molar-refractivity contribution in [1.82, 2.24) is 9.97 Å². The van der Waals surface area contributed by atoms with Crippen molar-refractivity contribution in [2.24, 2.45) is 0 Å². The van der Waals surface area contributed by atoms with Crippen LogP contribution in [0.25, 0.3) is 0 Å². The Bertz CT molecular complexity index is 906. The van der Waals surface area contributed by atoms with Gasteiger partial charge in [0.05, 0.1) is 12.3 Å². The van der Waals surface area contributed by atoms with E-state index >= 15 is 0 Å². The lowest BCUT2D eigenvalue weighted by Gasteiger charge is -2.13. The Balaban J connectivity index is 1.74. The Morgan fingerprint density at radius 3 is 2.70 bits per heavy atom. The van der Waals surface area contributed by atoms with Crippen LogP contribution in [0.1, 0.15) is 33.4 Å². The zero-order valence-corrected chi connectivity index (χ0v) is 16.3. The number of pyridine rings is 1. The zero-order valence-electron chi connectivity index (χ0n) is 15.5. The molecule has 0 saturated heterocycles. The van der Waals surface area contributed by atoms with E-state index in [1.54, 1.807) is 30.6 Å². The van der Waals surface area contributed by atoms with Gasteiger partial charge in [0.25, 0.3) is 5.91 Å². The number of nitrogens with zero attached hydrogens (tertiary/aromatic N) is 2. The molecule has 0 unspecified atom stereocenters. The SMILES string of the molecule is CCOc1cc(C(=O)Nc2nc(C)c(C)s2)ccc1OCc1cccnc1. The van der Waals surface area contributed by atoms with Crippen LogP contribution in [-0.4, -0.2) is 22.5 Å². The highest BCUT2D eigenvalue weighted by molar-refractivity contribution is 7.15. The topological polar surface area (TPSA) is 73.3 Å². The van der Waals surface area contributed by atoms with E-state index in [4.69, 9.17) is 9.47 Å². The van der Waals surface area contributed by atoms with E-state index in [1.807, 2.05) is 32.9 Å². The number of thiazole rings is 1. The van der Waals surface area contributed by atoms with Crippen molar-refractivity contribution in [1.29, 1.82) is 0 Å². The van der Waals surface area contributed by atoms with Gasteiger partial charge in [-0.3, -0.25) is 15.1 Å². The fourth-order valence-electron chi connectivity index (χ4n) is 2.38. The minimum atomic E-state index is -0.233. The lowest BCUT2D eigenvalue weighted by Crippen LogP contribution is -2.12. The second kappa shape index (κ2) is 8.64. The van der Waals surface area contributed by atoms with Crippen LogP contribution in [0.15, 0.2) is 42.7 Å². The van der Waals surface area contributed by atoms with Crippen LogP contribution in [0.5, 0.6) is 11.5 Å². The molecule has 1 N–H and O–H groups in total. The molecule has 2 heterocycles. The lowest BCUT2D eigenvalue weighted by molar-refractivity contribution is 0.102. The summed E-state index contributed by atoms with van der Waals surface area (Å²) in [6.45, 7) is 6.63. The first-order valence-electron chi connectivity index (χ1n) is 8.60. The van der Waals surface area contributed by atoms with Crippen molar-refractivity contribution in [3.05, 3.63) is 64.4 Å². The summed E-state index contributed by atoms with van der Waals surface area (Å²) in [7, 11) is 0. The molecule has 0 fully saturated rings. The molecule has 140 valence electrons. The van der Waals surface area contributed by atoms with Gasteiger partial charge in [0.15, 0.2) is 16.6 Å². The van der Waals surface area contributed by atoms with Gasteiger partial charge in [-0.05, 0) is 45.0 Å². The second-order valence-electron chi connectivity index (χ2n) is 5.86. The Labute approximate surface area is 162 Å². The highest BCUT2D eigenvalue weighted by Crippen LogP contribution is 2.30. The van der Waals surface area contributed by atoms with Gasteiger partial charge in [0, 0.05) is 28.4 Å². The quantitative estimate of drug-likeness (QED) is 0.655. The predicted octanol–water partition coefficient (Wildman–Crippen LogP) is 4.38. The Morgan fingerprint density at radius 1 is 1.19 bits per heavy atom. The molecule has 0 saturated carbocycles. The monoisotopic (exact) mass is 383 g/mol. The number of carbonyl (C=O) groups excluding carboxylic acids is 1. The van der Waals surface area contributed by atoms with E-state index in [-0.39, 0.29) is 5.91 Å². The van der Waals surface area contributed by atoms with Crippen LogP contribution >= 0.6 is 11.3 Å². The van der Waals surface area contributed by atoms with Crippen molar-refractivity contribution in [3.63, 3.8) is 0 Å². The summed E-state index contributed by atoms with van der Waals surface area (Å²) in [6.07, 6.45) is 3.47. The molecule has 0 bridgehead atoms. The Kier molecular flexibility index (Phi) is 6.03. The van der Waals surface area contributed by atoms with Gasteiger partial charge in [0.2, 0.25) is 0 Å². The van der Waals surface area contributed by atoms with Crippen LogP contribution in [0.3, 0.4) is 0 Å². The van der Waals surface area contributed by atoms with E-state index in [9.17, 15) is 4.79 Å². The third-order valence-corrected chi connectivity index (χ3v) is 4.86. The summed E-state index contributed by atoms with van der Waals surface area (Å²) >= 11 is 1.46. The normalized spacial score (nSPS) is 10.5. The van der Waals surface area contributed by atoms with Crippen LogP contribution in [-0.2, 0) is 6.61 Å². The molecule has 1 amide bonds. The largest absolute Gasteiger partial charge is 0.490 e. The number of benzene rings is 1. The van der Waals surface area contributed by atoms with Crippen molar-refractivity contribution >= 4 is 22.4 Å². The predicted molar refractivity (Wildman–Crippen MR) is 106 cm³/mol. The Hall–Kier alpha value is -2.93. The molecule has 0 aliphatic heterocycles. The smallest absolute Gasteiger partial charge is 0.257 e. The van der Waals surface area contributed by atoms with Gasteiger partial charge in [-0.2, -0.15) is 0 Å². The van der Waals surface area contributed by atoms with Gasteiger partial charge in [-0.1, -0.05) is 6.07 Å². The summed E-state index contributed by atoms with van der Waals surface area (Å²) < 4.78 is 11.5. The maximum absolute atomic E-state index is 12.5. The summed E-state index contributed by atoms with van der Waals surface area (Å²) in [5.41, 5.74) is 2.36. The number of hydrogen-bond donors (Lipinski definition) is 1. The Morgan fingerprint density at radius 2 is 2.04 bits per heavy atom. The average Bonchev–Trinajstić information content (AvgIpc) is 2.98. The van der Waals surface area contributed by atoms with Gasteiger partial charge >= 0.3 is 0 Å². The van der Waals surface area contributed by atoms with E-state index in [1.165, 1.54) is 11.3 Å². The molecule has 6 nitrogen and oxygen atoms in total. The summed E-state index contributed by atoms with van der Waals surface area (Å²) in [6, 6.07) is 8.94. The zero-order chi connectivity index (χ0) is 19.2. The third kappa shape index (κ3) is 4.83. The minimum absolute atomic E-state index is 0.233. The standard InChI is InChI=1S/C20H21N3O3S/c1-4-25-18-10-16(19(24)23-20-22-13(2)14(3)27-20)7-8-17(18)26-12-15-6-5-9-21-11-15/h5-11H,4,12H2,1-3H3,(H,22,23,24). The molecule has 3 aromatic rings. The average molecular weight is 383 g/mol. The van der Waals surface area contributed by atoms with Gasteiger partial charge < -0.3 is 9.47 Å². The number of nitrogens with one attached hydrogen (secondary N) is 1. The number of aromatic nitrogens is 2. The number of ether oxygens (including phenoxy) is 2. The molecule has 27 heavy (non-hydrogen) atoms. The second-order valence-corrected chi connectivity index (χ2v) is 7.06. The van der Waals surface area contributed by atoms with Crippen LogP contribution < -0.4 is 14.8 Å². The lowest BCUT2D eigenvalue weighted by atomic mass is 10.2. The molecule has 1 aromatic carbocycles. The fraction of sp³-hybridized carbons (Fsp3) is 0.250. The van der Waals surface area contributed by atoms with Crippen molar-refractivity contribution in [2.45, 2.75) is 27.4 Å². The number of rotatable bonds is 7. The van der Waals surface area contributed by atoms with Crippen LogP contribution in [0, 0.1) is 13.8 Å².